The van der Waals surface area contributed by atoms with E-state index >= 15 is 0 Å². The predicted octanol–water partition coefficient (Wildman–Crippen LogP) is 5.11. The van der Waals surface area contributed by atoms with Crippen molar-refractivity contribution in [3.63, 3.8) is 0 Å². The molecule has 11 heteroatoms. The fourth-order valence-corrected chi connectivity index (χ4v) is 5.88. The summed E-state index contributed by atoms with van der Waals surface area (Å²) in [6.07, 6.45) is 6.67. The van der Waals surface area contributed by atoms with E-state index in [0.29, 0.717) is 28.0 Å². The molecule has 1 amide bonds. The zero-order chi connectivity index (χ0) is 26.8. The second-order valence-corrected chi connectivity index (χ2v) is 11.3. The number of hydrogen-bond acceptors (Lipinski definition) is 6. The molecule has 2 aromatic carbocycles. The Morgan fingerprint density at radius 2 is 1.97 bits per heavy atom. The number of thioether (sulfide) groups is 1. The molecule has 6 rings (SSSR count). The second kappa shape index (κ2) is 11.3. The number of imidazole rings is 1. The van der Waals surface area contributed by atoms with Gasteiger partial charge in [-0.15, -0.1) is 16.9 Å². The number of aromatic nitrogens is 5. The highest BCUT2D eigenvalue weighted by atomic mass is 79.9. The van der Waals surface area contributed by atoms with E-state index < -0.39 is 0 Å². The molecule has 0 spiro atoms. The maximum atomic E-state index is 13.9. The zero-order valence-corrected chi connectivity index (χ0v) is 23.3. The lowest BCUT2D eigenvalue weighted by Crippen LogP contribution is -2.37. The van der Waals surface area contributed by atoms with Crippen LogP contribution in [-0.2, 0) is 12.3 Å². The standard InChI is InChI=1S/C28H25BrFN7OS/c29-24-9-8-22(13-25(24)30)37-17-20(33-34-37)15-35-12-10-19(14-35)32-28(38)23-5-1-2-6-26(23)39-18-21-16-36-11-4-3-7-27(36)31-21/h1-9,11,13,16-17,19H,10,12,14-15,18H2,(H,32,38). The van der Waals surface area contributed by atoms with E-state index in [-0.39, 0.29) is 17.8 Å². The van der Waals surface area contributed by atoms with Gasteiger partial charge in [0.05, 0.1) is 33.3 Å². The summed E-state index contributed by atoms with van der Waals surface area (Å²) in [5.41, 5.74) is 3.96. The molecule has 0 aliphatic carbocycles. The van der Waals surface area contributed by atoms with Crippen LogP contribution in [0.3, 0.4) is 0 Å². The minimum atomic E-state index is -0.349. The minimum absolute atomic E-state index is 0.0459. The van der Waals surface area contributed by atoms with Crippen molar-refractivity contribution in [1.82, 2.24) is 34.6 Å². The number of halogens is 2. The average molecular weight is 607 g/mol. The number of nitrogens with zero attached hydrogens (tertiary/aromatic N) is 6. The quantitative estimate of drug-likeness (QED) is 0.248. The number of fused-ring (bicyclic) bond motifs is 1. The maximum Gasteiger partial charge on any atom is 0.252 e. The van der Waals surface area contributed by atoms with Crippen molar-refractivity contribution in [2.75, 3.05) is 13.1 Å². The lowest BCUT2D eigenvalue weighted by Gasteiger charge is -2.16. The third kappa shape index (κ3) is 5.90. The summed E-state index contributed by atoms with van der Waals surface area (Å²) in [6.45, 7) is 2.17. The molecule has 5 aromatic rings. The van der Waals surface area contributed by atoms with Crippen LogP contribution in [0.25, 0.3) is 11.3 Å². The highest BCUT2D eigenvalue weighted by Crippen LogP contribution is 2.27. The van der Waals surface area contributed by atoms with Crippen LogP contribution in [0.2, 0.25) is 0 Å². The van der Waals surface area contributed by atoms with Crippen molar-refractivity contribution in [2.45, 2.75) is 29.7 Å². The number of pyridine rings is 1. The highest BCUT2D eigenvalue weighted by molar-refractivity contribution is 9.10. The van der Waals surface area contributed by atoms with Gasteiger partial charge in [-0.1, -0.05) is 23.4 Å². The summed E-state index contributed by atoms with van der Waals surface area (Å²) in [5.74, 6) is 0.262. The molecule has 1 aliphatic rings. The first-order chi connectivity index (χ1) is 19.0. The molecule has 198 valence electrons. The Labute approximate surface area is 237 Å². The van der Waals surface area contributed by atoms with Crippen molar-refractivity contribution in [3.8, 4) is 5.69 Å². The van der Waals surface area contributed by atoms with Crippen LogP contribution >= 0.6 is 27.7 Å². The molecule has 1 aliphatic heterocycles. The van der Waals surface area contributed by atoms with Gasteiger partial charge in [0.1, 0.15) is 11.5 Å². The van der Waals surface area contributed by atoms with Crippen LogP contribution in [0.5, 0.6) is 0 Å². The normalized spacial score (nSPS) is 15.7. The van der Waals surface area contributed by atoms with Crippen molar-refractivity contribution in [2.24, 2.45) is 0 Å². The van der Waals surface area contributed by atoms with E-state index in [1.807, 2.05) is 65.5 Å². The molecule has 0 bridgehead atoms. The van der Waals surface area contributed by atoms with Crippen molar-refractivity contribution < 1.29 is 9.18 Å². The molecular weight excluding hydrogens is 581 g/mol. The van der Waals surface area contributed by atoms with Gasteiger partial charge in [0.25, 0.3) is 5.91 Å². The molecule has 1 atom stereocenters. The number of likely N-dealkylation sites (tertiary alicyclic amines) is 1. The van der Waals surface area contributed by atoms with Gasteiger partial charge in [0.2, 0.25) is 0 Å². The monoisotopic (exact) mass is 605 g/mol. The fraction of sp³-hybridized carbons (Fsp3) is 0.214. The Morgan fingerprint density at radius 3 is 2.85 bits per heavy atom. The minimum Gasteiger partial charge on any atom is -0.348 e. The molecular formula is C28H25BrFN7OS. The molecule has 0 radical (unpaired) electrons. The molecule has 4 heterocycles. The largest absolute Gasteiger partial charge is 0.348 e. The van der Waals surface area contributed by atoms with Gasteiger partial charge in [-0.3, -0.25) is 9.69 Å². The predicted molar refractivity (Wildman–Crippen MR) is 151 cm³/mol. The number of amides is 1. The van der Waals surface area contributed by atoms with Gasteiger partial charge in [0, 0.05) is 54.8 Å². The van der Waals surface area contributed by atoms with Crippen molar-refractivity contribution in [3.05, 3.63) is 106 Å². The first kappa shape index (κ1) is 25.7. The van der Waals surface area contributed by atoms with Gasteiger partial charge < -0.3 is 9.72 Å². The van der Waals surface area contributed by atoms with Gasteiger partial charge in [-0.2, -0.15) is 0 Å². The van der Waals surface area contributed by atoms with Crippen LogP contribution in [0.4, 0.5) is 4.39 Å². The number of benzene rings is 2. The number of hydrogen-bond donors (Lipinski definition) is 1. The SMILES string of the molecule is O=C(NC1CCN(Cc2cn(-c3ccc(Br)c(F)c3)nn2)C1)c1ccccc1SCc1cn2ccccc2n1. The van der Waals surface area contributed by atoms with E-state index in [4.69, 9.17) is 0 Å². The lowest BCUT2D eigenvalue weighted by molar-refractivity contribution is 0.0934. The van der Waals surface area contributed by atoms with Gasteiger partial charge in [0.15, 0.2) is 0 Å². The summed E-state index contributed by atoms with van der Waals surface area (Å²) < 4.78 is 17.9. The molecule has 1 N–H and O–H groups in total. The molecule has 8 nitrogen and oxygen atoms in total. The number of rotatable bonds is 8. The van der Waals surface area contributed by atoms with E-state index in [1.165, 1.54) is 6.07 Å². The highest BCUT2D eigenvalue weighted by Gasteiger charge is 2.26. The van der Waals surface area contributed by atoms with E-state index in [9.17, 15) is 9.18 Å². The molecule has 1 saturated heterocycles. The van der Waals surface area contributed by atoms with Crippen molar-refractivity contribution >= 4 is 39.2 Å². The Bertz CT molecular complexity index is 1600. The van der Waals surface area contributed by atoms with Gasteiger partial charge in [-0.25, -0.2) is 14.1 Å². The van der Waals surface area contributed by atoms with Crippen LogP contribution in [0.1, 0.15) is 28.2 Å². The summed E-state index contributed by atoms with van der Waals surface area (Å²) in [7, 11) is 0. The number of carbonyl (C=O) groups excluding carboxylic acids is 1. The van der Waals surface area contributed by atoms with Gasteiger partial charge in [-0.05, 0) is 58.7 Å². The summed E-state index contributed by atoms with van der Waals surface area (Å²) in [6, 6.07) is 18.5. The zero-order valence-electron chi connectivity index (χ0n) is 20.9. The molecule has 3 aromatic heterocycles. The molecule has 0 saturated carbocycles. The summed E-state index contributed by atoms with van der Waals surface area (Å²) in [4.78, 5) is 21.1. The second-order valence-electron chi connectivity index (χ2n) is 9.43. The first-order valence-corrected chi connectivity index (χ1v) is 14.3. The third-order valence-corrected chi connectivity index (χ3v) is 8.37. The van der Waals surface area contributed by atoms with E-state index in [1.54, 1.807) is 28.6 Å². The lowest BCUT2D eigenvalue weighted by atomic mass is 10.2. The summed E-state index contributed by atoms with van der Waals surface area (Å²) in [5, 5.41) is 11.6. The van der Waals surface area contributed by atoms with Crippen molar-refractivity contribution in [1.29, 1.82) is 0 Å². The van der Waals surface area contributed by atoms with E-state index in [0.717, 1.165) is 41.4 Å². The Kier molecular flexibility index (Phi) is 7.45. The first-order valence-electron chi connectivity index (χ1n) is 12.6. The van der Waals surface area contributed by atoms with E-state index in [2.05, 4.69) is 41.4 Å². The third-order valence-electron chi connectivity index (χ3n) is 6.62. The number of nitrogens with one attached hydrogen (secondary N) is 1. The van der Waals surface area contributed by atoms with Crippen LogP contribution in [0.15, 0.2) is 88.6 Å². The Morgan fingerprint density at radius 1 is 1.10 bits per heavy atom. The van der Waals surface area contributed by atoms with Crippen LogP contribution < -0.4 is 5.32 Å². The fourth-order valence-electron chi connectivity index (χ4n) is 4.70. The maximum absolute atomic E-state index is 13.9. The summed E-state index contributed by atoms with van der Waals surface area (Å²) >= 11 is 4.78. The Hall–Kier alpha value is -3.54. The van der Waals surface area contributed by atoms with Crippen LogP contribution in [-0.4, -0.2) is 54.3 Å². The number of carbonyl (C=O) groups is 1. The van der Waals surface area contributed by atoms with Gasteiger partial charge >= 0.3 is 0 Å². The molecule has 1 unspecified atom stereocenters. The average Bonchev–Trinajstić information content (AvgIpc) is 3.69. The molecule has 39 heavy (non-hydrogen) atoms. The topological polar surface area (TPSA) is 80.4 Å². The Balaban J connectivity index is 1.05. The smallest absolute Gasteiger partial charge is 0.252 e. The molecule has 1 fully saturated rings. The van der Waals surface area contributed by atoms with Crippen LogP contribution in [0, 0.1) is 5.82 Å².